The summed E-state index contributed by atoms with van der Waals surface area (Å²) >= 11 is 5.50. The summed E-state index contributed by atoms with van der Waals surface area (Å²) in [5, 5.41) is 17.4. The Balaban J connectivity index is 3.13. The fraction of sp³-hybridized carbons (Fsp3) is 0. The average Bonchev–Trinajstić information content (AvgIpc) is 2.05. The van der Waals surface area contributed by atoms with E-state index in [1.54, 1.807) is 0 Å². The lowest BCUT2D eigenvalue weighted by Gasteiger charge is -1.99. The molecule has 0 fully saturated rings. The first-order valence-electron chi connectivity index (χ1n) is 3.12. The zero-order valence-electron chi connectivity index (χ0n) is 5.94. The third kappa shape index (κ3) is 1.82. The molecule has 0 spiro atoms. The highest BCUT2D eigenvalue weighted by atomic mass is 35.5. The van der Waals surface area contributed by atoms with E-state index in [0.717, 1.165) is 0 Å². The van der Waals surface area contributed by atoms with Gasteiger partial charge in [-0.3, -0.25) is 4.79 Å². The van der Waals surface area contributed by atoms with Crippen LogP contribution >= 0.6 is 11.6 Å². The van der Waals surface area contributed by atoms with Crippen LogP contribution in [0.15, 0.2) is 12.3 Å². The van der Waals surface area contributed by atoms with Crippen LogP contribution in [0.25, 0.3) is 0 Å². The van der Waals surface area contributed by atoms with Crippen LogP contribution in [0.4, 0.5) is 0 Å². The molecular weight excluding hydrogens is 180 g/mol. The first-order chi connectivity index (χ1) is 5.65. The lowest BCUT2D eigenvalue weighted by Crippen LogP contribution is -2.30. The molecule has 0 aliphatic carbocycles. The molecule has 0 atom stereocenters. The largest absolute Gasteiger partial charge is 0.490 e. The van der Waals surface area contributed by atoms with Crippen molar-refractivity contribution in [3.8, 4) is 0 Å². The van der Waals surface area contributed by atoms with E-state index in [4.69, 9.17) is 21.6 Å². The van der Waals surface area contributed by atoms with E-state index in [0.29, 0.717) is 6.29 Å². The molecule has 1 aromatic heterocycles. The summed E-state index contributed by atoms with van der Waals surface area (Å²) < 4.78 is 0. The normalized spacial score (nSPS) is 9.58. The molecule has 1 aromatic rings. The van der Waals surface area contributed by atoms with E-state index in [9.17, 15) is 4.79 Å². The maximum absolute atomic E-state index is 10.3. The molecule has 0 aromatic carbocycles. The van der Waals surface area contributed by atoms with Crippen LogP contribution in [0.3, 0.4) is 0 Å². The molecule has 12 heavy (non-hydrogen) atoms. The Bertz CT molecular complexity index is 305. The van der Waals surface area contributed by atoms with Crippen LogP contribution in [0.2, 0.25) is 5.15 Å². The standard InChI is InChI=1S/C6H5BClNO3/c8-6-4(3-10)1-5(2-9-6)7(11)12/h1-3,11-12H. The van der Waals surface area contributed by atoms with E-state index in [1.807, 2.05) is 0 Å². The van der Waals surface area contributed by atoms with Crippen LogP contribution in [-0.4, -0.2) is 28.4 Å². The van der Waals surface area contributed by atoms with Gasteiger partial charge in [-0.05, 0) is 6.07 Å². The lowest BCUT2D eigenvalue weighted by molar-refractivity contribution is 0.112. The Labute approximate surface area is 74.0 Å². The van der Waals surface area contributed by atoms with Crippen molar-refractivity contribution >= 4 is 30.5 Å². The topological polar surface area (TPSA) is 70.4 Å². The Morgan fingerprint density at radius 2 is 2.25 bits per heavy atom. The molecular formula is C6H5BClNO3. The second-order valence-electron chi connectivity index (χ2n) is 2.14. The predicted octanol–water partition coefficient (Wildman–Crippen LogP) is -0.773. The monoisotopic (exact) mass is 185 g/mol. The van der Waals surface area contributed by atoms with Gasteiger partial charge in [-0.2, -0.15) is 0 Å². The molecule has 0 bridgehead atoms. The smallest absolute Gasteiger partial charge is 0.423 e. The Hall–Kier alpha value is -0.905. The highest BCUT2D eigenvalue weighted by molar-refractivity contribution is 6.58. The van der Waals surface area contributed by atoms with Crippen molar-refractivity contribution in [3.63, 3.8) is 0 Å². The number of halogens is 1. The second-order valence-corrected chi connectivity index (χ2v) is 2.50. The number of aromatic nitrogens is 1. The molecule has 0 saturated carbocycles. The van der Waals surface area contributed by atoms with Crippen molar-refractivity contribution in [2.75, 3.05) is 0 Å². The van der Waals surface area contributed by atoms with Gasteiger partial charge in [0, 0.05) is 11.7 Å². The minimum Gasteiger partial charge on any atom is -0.423 e. The molecule has 0 aliphatic heterocycles. The van der Waals surface area contributed by atoms with Gasteiger partial charge < -0.3 is 10.0 Å². The molecule has 0 amide bonds. The summed E-state index contributed by atoms with van der Waals surface area (Å²) in [7, 11) is -1.63. The predicted molar refractivity (Wildman–Crippen MR) is 44.5 cm³/mol. The highest BCUT2D eigenvalue weighted by Gasteiger charge is 2.13. The van der Waals surface area contributed by atoms with E-state index < -0.39 is 7.12 Å². The maximum Gasteiger partial charge on any atom is 0.490 e. The number of pyridine rings is 1. The van der Waals surface area contributed by atoms with Crippen LogP contribution in [-0.2, 0) is 0 Å². The number of nitrogens with zero attached hydrogens (tertiary/aromatic N) is 1. The lowest BCUT2D eigenvalue weighted by atomic mass is 9.81. The van der Waals surface area contributed by atoms with E-state index in [-0.39, 0.29) is 16.2 Å². The SMILES string of the molecule is O=Cc1cc(B(O)O)cnc1Cl. The van der Waals surface area contributed by atoms with Gasteiger partial charge in [0.25, 0.3) is 0 Å². The van der Waals surface area contributed by atoms with Gasteiger partial charge in [-0.1, -0.05) is 11.6 Å². The Morgan fingerprint density at radius 3 is 2.75 bits per heavy atom. The highest BCUT2D eigenvalue weighted by Crippen LogP contribution is 2.07. The summed E-state index contributed by atoms with van der Waals surface area (Å²) in [6.45, 7) is 0. The van der Waals surface area contributed by atoms with Crippen molar-refractivity contribution < 1.29 is 14.8 Å². The first kappa shape index (κ1) is 9.19. The van der Waals surface area contributed by atoms with Crippen molar-refractivity contribution in [3.05, 3.63) is 23.0 Å². The zero-order valence-corrected chi connectivity index (χ0v) is 6.69. The summed E-state index contributed by atoms with van der Waals surface area (Å²) in [5.41, 5.74) is 0.281. The van der Waals surface area contributed by atoms with Crippen LogP contribution in [0, 0.1) is 0 Å². The number of hydrogen-bond acceptors (Lipinski definition) is 4. The van der Waals surface area contributed by atoms with Gasteiger partial charge in [0.1, 0.15) is 5.15 Å². The van der Waals surface area contributed by atoms with Crippen molar-refractivity contribution in [2.24, 2.45) is 0 Å². The second kappa shape index (κ2) is 3.66. The summed E-state index contributed by atoms with van der Waals surface area (Å²) in [5.74, 6) is 0. The Kier molecular flexibility index (Phi) is 2.81. The van der Waals surface area contributed by atoms with Crippen LogP contribution in [0.5, 0.6) is 0 Å². The molecule has 0 saturated heterocycles. The summed E-state index contributed by atoms with van der Waals surface area (Å²) in [4.78, 5) is 13.9. The Morgan fingerprint density at radius 1 is 1.58 bits per heavy atom. The third-order valence-electron chi connectivity index (χ3n) is 1.31. The molecule has 0 unspecified atom stereocenters. The molecule has 6 heteroatoms. The summed E-state index contributed by atoms with van der Waals surface area (Å²) in [6, 6.07) is 1.27. The fourth-order valence-electron chi connectivity index (χ4n) is 0.706. The van der Waals surface area contributed by atoms with Gasteiger partial charge in [0.2, 0.25) is 0 Å². The minimum atomic E-state index is -1.63. The number of aldehydes is 1. The summed E-state index contributed by atoms with van der Waals surface area (Å²) in [6.07, 6.45) is 1.70. The molecule has 1 heterocycles. The number of hydrogen-bond donors (Lipinski definition) is 2. The van der Waals surface area contributed by atoms with Crippen LogP contribution in [0.1, 0.15) is 10.4 Å². The van der Waals surface area contributed by atoms with Gasteiger partial charge in [-0.25, -0.2) is 4.98 Å². The third-order valence-corrected chi connectivity index (χ3v) is 1.63. The van der Waals surface area contributed by atoms with E-state index in [2.05, 4.69) is 4.98 Å². The fourth-order valence-corrected chi connectivity index (χ4v) is 0.854. The van der Waals surface area contributed by atoms with E-state index >= 15 is 0 Å². The van der Waals surface area contributed by atoms with Gasteiger partial charge in [0.05, 0.1) is 5.56 Å². The molecule has 62 valence electrons. The minimum absolute atomic E-state index is 0.0504. The van der Waals surface area contributed by atoms with Gasteiger partial charge in [-0.15, -0.1) is 0 Å². The molecule has 0 radical (unpaired) electrons. The number of carbonyl (C=O) groups excluding carboxylic acids is 1. The number of carbonyl (C=O) groups is 1. The van der Waals surface area contributed by atoms with Gasteiger partial charge in [0.15, 0.2) is 6.29 Å². The maximum atomic E-state index is 10.3. The average molecular weight is 185 g/mol. The molecule has 0 aliphatic rings. The van der Waals surface area contributed by atoms with Crippen molar-refractivity contribution in [1.29, 1.82) is 0 Å². The molecule has 1 rings (SSSR count). The van der Waals surface area contributed by atoms with Crippen molar-refractivity contribution in [2.45, 2.75) is 0 Å². The van der Waals surface area contributed by atoms with Crippen LogP contribution < -0.4 is 5.46 Å². The molecule has 4 nitrogen and oxygen atoms in total. The van der Waals surface area contributed by atoms with E-state index in [1.165, 1.54) is 12.3 Å². The van der Waals surface area contributed by atoms with Crippen molar-refractivity contribution in [1.82, 2.24) is 4.98 Å². The number of rotatable bonds is 2. The quantitative estimate of drug-likeness (QED) is 0.360. The zero-order chi connectivity index (χ0) is 9.14. The van der Waals surface area contributed by atoms with Gasteiger partial charge >= 0.3 is 7.12 Å². The first-order valence-corrected chi connectivity index (χ1v) is 3.49. The molecule has 2 N–H and O–H groups in total.